The lowest BCUT2D eigenvalue weighted by atomic mass is 10.2. The zero-order valence-electron chi connectivity index (χ0n) is 19.6. The lowest BCUT2D eigenvalue weighted by Crippen LogP contribution is -2.45. The number of amides is 3. The van der Waals surface area contributed by atoms with Gasteiger partial charge in [0.15, 0.2) is 0 Å². The molecule has 1 saturated heterocycles. The molecule has 0 aliphatic carbocycles. The van der Waals surface area contributed by atoms with E-state index in [1.54, 1.807) is 24.3 Å². The molecule has 10 heteroatoms. The van der Waals surface area contributed by atoms with Crippen LogP contribution in [0.15, 0.2) is 77.7 Å². The summed E-state index contributed by atoms with van der Waals surface area (Å²) in [7, 11) is -4.28. The molecule has 186 valence electrons. The molecular weight excluding hydrogens is 485 g/mol. The van der Waals surface area contributed by atoms with Crippen molar-refractivity contribution in [3.8, 4) is 0 Å². The molecule has 1 fully saturated rings. The Balaban J connectivity index is 1.72. The quantitative estimate of drug-likeness (QED) is 0.490. The first-order chi connectivity index (χ1) is 17.1. The van der Waals surface area contributed by atoms with Gasteiger partial charge < -0.3 is 5.32 Å². The Labute approximate surface area is 208 Å². The predicted molar refractivity (Wildman–Crippen MR) is 132 cm³/mol. The topological polar surface area (TPSA) is 104 Å². The molecule has 1 N–H and O–H groups in total. The molecular formula is C26H24FN3O5S. The molecule has 0 radical (unpaired) electrons. The van der Waals surface area contributed by atoms with E-state index in [1.807, 2.05) is 6.92 Å². The van der Waals surface area contributed by atoms with Gasteiger partial charge in [-0.1, -0.05) is 29.8 Å². The van der Waals surface area contributed by atoms with Crippen LogP contribution in [0.5, 0.6) is 0 Å². The van der Waals surface area contributed by atoms with Crippen molar-refractivity contribution in [2.45, 2.75) is 37.8 Å². The fourth-order valence-electron chi connectivity index (χ4n) is 3.99. The van der Waals surface area contributed by atoms with E-state index in [1.165, 1.54) is 55.5 Å². The Morgan fingerprint density at radius 2 is 1.61 bits per heavy atom. The second-order valence-corrected chi connectivity index (χ2v) is 10.4. The van der Waals surface area contributed by atoms with Crippen LogP contribution in [-0.4, -0.2) is 36.5 Å². The van der Waals surface area contributed by atoms with Crippen LogP contribution in [0.4, 0.5) is 15.8 Å². The van der Waals surface area contributed by atoms with E-state index in [0.29, 0.717) is 16.9 Å². The standard InChI is InChI=1S/C26H24FN3O5S/c1-17-3-11-22(12-4-17)30-25(32)15-24(26(30)33)29(16-19-5-7-20(27)8-6-19)36(34,35)23-13-9-21(10-14-23)28-18(2)31/h3-14,24H,15-16H2,1-2H3,(H,28,31). The Morgan fingerprint density at radius 1 is 1.00 bits per heavy atom. The third kappa shape index (κ3) is 5.19. The number of hydrogen-bond donors (Lipinski definition) is 1. The minimum Gasteiger partial charge on any atom is -0.326 e. The number of nitrogens with zero attached hydrogens (tertiary/aromatic N) is 2. The molecule has 1 aliphatic rings. The number of halogens is 1. The molecule has 1 heterocycles. The Kier molecular flexibility index (Phi) is 7.00. The number of imide groups is 1. The summed E-state index contributed by atoms with van der Waals surface area (Å²) in [6.07, 6.45) is -0.336. The largest absolute Gasteiger partial charge is 0.326 e. The van der Waals surface area contributed by atoms with E-state index in [4.69, 9.17) is 0 Å². The molecule has 3 amide bonds. The molecule has 0 aromatic heterocycles. The fourth-order valence-corrected chi connectivity index (χ4v) is 5.56. The maximum absolute atomic E-state index is 13.7. The van der Waals surface area contributed by atoms with Crippen LogP contribution in [0.2, 0.25) is 0 Å². The van der Waals surface area contributed by atoms with Gasteiger partial charge in [-0.2, -0.15) is 4.31 Å². The van der Waals surface area contributed by atoms with E-state index >= 15 is 0 Å². The van der Waals surface area contributed by atoms with Gasteiger partial charge in [-0.05, 0) is 61.0 Å². The molecule has 3 aromatic carbocycles. The van der Waals surface area contributed by atoms with Crippen LogP contribution in [-0.2, 0) is 31.0 Å². The summed E-state index contributed by atoms with van der Waals surface area (Å²) < 4.78 is 41.9. The highest BCUT2D eigenvalue weighted by atomic mass is 32.2. The first-order valence-electron chi connectivity index (χ1n) is 11.1. The van der Waals surface area contributed by atoms with Gasteiger partial charge in [-0.3, -0.25) is 14.4 Å². The highest BCUT2D eigenvalue weighted by molar-refractivity contribution is 7.89. The Bertz CT molecular complexity index is 1410. The summed E-state index contributed by atoms with van der Waals surface area (Å²) >= 11 is 0. The van der Waals surface area contributed by atoms with E-state index in [2.05, 4.69) is 5.32 Å². The smallest absolute Gasteiger partial charge is 0.252 e. The normalized spacial score (nSPS) is 16.0. The first kappa shape index (κ1) is 25.2. The summed E-state index contributed by atoms with van der Waals surface area (Å²) in [4.78, 5) is 38.5. The van der Waals surface area contributed by atoms with Crippen LogP contribution < -0.4 is 10.2 Å². The van der Waals surface area contributed by atoms with Gasteiger partial charge in [0.2, 0.25) is 21.8 Å². The van der Waals surface area contributed by atoms with Gasteiger partial charge in [0.1, 0.15) is 11.9 Å². The monoisotopic (exact) mass is 509 g/mol. The van der Waals surface area contributed by atoms with Crippen molar-refractivity contribution in [1.82, 2.24) is 4.31 Å². The molecule has 0 spiro atoms. The average molecular weight is 510 g/mol. The third-order valence-electron chi connectivity index (χ3n) is 5.80. The molecule has 4 rings (SSSR count). The summed E-state index contributed by atoms with van der Waals surface area (Å²) in [5, 5.41) is 2.57. The Hall–Kier alpha value is -3.89. The van der Waals surface area contributed by atoms with Crippen molar-refractivity contribution in [2.24, 2.45) is 0 Å². The van der Waals surface area contributed by atoms with Gasteiger partial charge in [0.25, 0.3) is 5.91 Å². The van der Waals surface area contributed by atoms with E-state index in [0.717, 1.165) is 14.8 Å². The average Bonchev–Trinajstić information content (AvgIpc) is 3.12. The molecule has 3 aromatic rings. The minimum atomic E-state index is -4.28. The molecule has 0 saturated carbocycles. The first-order valence-corrected chi connectivity index (χ1v) is 12.6. The van der Waals surface area contributed by atoms with Gasteiger partial charge in [-0.25, -0.2) is 17.7 Å². The number of benzene rings is 3. The third-order valence-corrected chi connectivity index (χ3v) is 7.66. The van der Waals surface area contributed by atoms with E-state index < -0.39 is 33.7 Å². The van der Waals surface area contributed by atoms with Crippen molar-refractivity contribution in [1.29, 1.82) is 0 Å². The zero-order chi connectivity index (χ0) is 26.0. The van der Waals surface area contributed by atoms with Crippen LogP contribution >= 0.6 is 0 Å². The second kappa shape index (κ2) is 10.00. The van der Waals surface area contributed by atoms with Crippen molar-refractivity contribution in [2.75, 3.05) is 10.2 Å². The summed E-state index contributed by atoms with van der Waals surface area (Å²) in [5.41, 5.74) is 2.16. The molecule has 0 bridgehead atoms. The van der Waals surface area contributed by atoms with Crippen molar-refractivity contribution >= 4 is 39.1 Å². The van der Waals surface area contributed by atoms with Crippen molar-refractivity contribution < 1.29 is 27.2 Å². The predicted octanol–water partition coefficient (Wildman–Crippen LogP) is 3.62. The van der Waals surface area contributed by atoms with Gasteiger partial charge in [0.05, 0.1) is 17.0 Å². The number of anilines is 2. The number of rotatable bonds is 7. The highest BCUT2D eigenvalue weighted by Gasteiger charge is 2.47. The maximum atomic E-state index is 13.7. The van der Waals surface area contributed by atoms with Gasteiger partial charge in [-0.15, -0.1) is 0 Å². The molecule has 8 nitrogen and oxygen atoms in total. The number of hydrogen-bond acceptors (Lipinski definition) is 5. The van der Waals surface area contributed by atoms with Gasteiger partial charge >= 0.3 is 0 Å². The number of nitrogens with one attached hydrogen (secondary N) is 1. The molecule has 1 unspecified atom stereocenters. The number of carbonyl (C=O) groups excluding carboxylic acids is 3. The number of aryl methyl sites for hydroxylation is 1. The van der Waals surface area contributed by atoms with E-state index in [9.17, 15) is 27.2 Å². The summed E-state index contributed by atoms with van der Waals surface area (Å²) in [5.74, 6) is -1.98. The summed E-state index contributed by atoms with van der Waals surface area (Å²) in [6, 6.07) is 16.2. The van der Waals surface area contributed by atoms with Crippen molar-refractivity contribution in [3.63, 3.8) is 0 Å². The number of sulfonamides is 1. The fraction of sp³-hybridized carbons (Fsp3) is 0.192. The van der Waals surface area contributed by atoms with Crippen LogP contribution in [0.3, 0.4) is 0 Å². The SMILES string of the molecule is CC(=O)Nc1ccc(S(=O)(=O)N(Cc2ccc(F)cc2)C2CC(=O)N(c3ccc(C)cc3)C2=O)cc1. The molecule has 36 heavy (non-hydrogen) atoms. The lowest BCUT2D eigenvalue weighted by Gasteiger charge is -2.27. The van der Waals surface area contributed by atoms with Crippen LogP contribution in [0.1, 0.15) is 24.5 Å². The lowest BCUT2D eigenvalue weighted by molar-refractivity contribution is -0.122. The minimum absolute atomic E-state index is 0.118. The van der Waals surface area contributed by atoms with Crippen molar-refractivity contribution in [3.05, 3.63) is 89.7 Å². The molecule has 1 atom stereocenters. The second-order valence-electron chi connectivity index (χ2n) is 8.51. The van der Waals surface area contributed by atoms with Gasteiger partial charge in [0, 0.05) is 19.2 Å². The van der Waals surface area contributed by atoms with Crippen LogP contribution in [0.25, 0.3) is 0 Å². The molecule has 1 aliphatic heterocycles. The zero-order valence-corrected chi connectivity index (χ0v) is 20.5. The Morgan fingerprint density at radius 3 is 2.19 bits per heavy atom. The highest BCUT2D eigenvalue weighted by Crippen LogP contribution is 2.31. The number of carbonyl (C=O) groups is 3. The summed E-state index contributed by atoms with van der Waals surface area (Å²) in [6.45, 7) is 2.95. The van der Waals surface area contributed by atoms with E-state index in [-0.39, 0.29) is 23.8 Å². The maximum Gasteiger partial charge on any atom is 0.252 e. The van der Waals surface area contributed by atoms with Crippen LogP contribution in [0, 0.1) is 12.7 Å².